The van der Waals surface area contributed by atoms with Crippen molar-refractivity contribution < 1.29 is 15.0 Å². The fraction of sp³-hybridized carbons (Fsp3) is 0.278. The first kappa shape index (κ1) is 14.8. The van der Waals surface area contributed by atoms with Gasteiger partial charge in [0.05, 0.1) is 12.1 Å². The molecule has 0 saturated carbocycles. The fourth-order valence-electron chi connectivity index (χ4n) is 3.21. The zero-order valence-corrected chi connectivity index (χ0v) is 12.2. The molecule has 1 fully saturated rings. The van der Waals surface area contributed by atoms with E-state index in [0.717, 1.165) is 11.1 Å². The Balaban J connectivity index is 2.04. The number of rotatable bonds is 4. The number of aliphatic hydroxyl groups excluding tert-OH is 1. The van der Waals surface area contributed by atoms with Gasteiger partial charge >= 0.3 is 5.97 Å². The zero-order chi connectivity index (χ0) is 15.5. The van der Waals surface area contributed by atoms with E-state index in [2.05, 4.69) is 0 Å². The van der Waals surface area contributed by atoms with Crippen LogP contribution in [0, 0.1) is 0 Å². The lowest BCUT2D eigenvalue weighted by atomic mass is 9.96. The minimum absolute atomic E-state index is 0.166. The maximum absolute atomic E-state index is 11.6. The highest BCUT2D eigenvalue weighted by molar-refractivity contribution is 5.74. The molecule has 1 aliphatic heterocycles. The minimum atomic E-state index is -0.881. The summed E-state index contributed by atoms with van der Waals surface area (Å²) in [5, 5.41) is 19.4. The Hall–Kier alpha value is -2.17. The van der Waals surface area contributed by atoms with E-state index in [1.165, 1.54) is 0 Å². The molecule has 2 N–H and O–H groups in total. The molecule has 1 unspecified atom stereocenters. The molecule has 2 aromatic carbocycles. The average Bonchev–Trinajstić information content (AvgIpc) is 2.92. The minimum Gasteiger partial charge on any atom is -0.480 e. The van der Waals surface area contributed by atoms with Crippen LogP contribution in [-0.2, 0) is 4.79 Å². The van der Waals surface area contributed by atoms with E-state index < -0.39 is 18.1 Å². The lowest BCUT2D eigenvalue weighted by Gasteiger charge is -2.31. The Bertz CT molecular complexity index is 590. The summed E-state index contributed by atoms with van der Waals surface area (Å²) < 4.78 is 0. The second-order valence-corrected chi connectivity index (χ2v) is 5.66. The summed E-state index contributed by atoms with van der Waals surface area (Å²) in [6.07, 6.45) is -0.332. The standard InChI is InChI=1S/C18H19NO3/c20-15-11-16(18(21)22)19(12-15)17(13-7-3-1-4-8-13)14-9-5-2-6-10-14/h1-10,15-17,20H,11-12H2,(H,21,22)/t15?,16-/m0/s1. The van der Waals surface area contributed by atoms with Crippen LogP contribution in [0.5, 0.6) is 0 Å². The van der Waals surface area contributed by atoms with Gasteiger partial charge in [0, 0.05) is 13.0 Å². The number of carbonyl (C=O) groups is 1. The number of aliphatic carboxylic acids is 1. The SMILES string of the molecule is O=C(O)[C@@H]1CC(O)CN1C(c1ccccc1)c1ccccc1. The molecule has 2 aromatic rings. The van der Waals surface area contributed by atoms with Crippen LogP contribution in [0.15, 0.2) is 60.7 Å². The first-order valence-electron chi connectivity index (χ1n) is 7.43. The summed E-state index contributed by atoms with van der Waals surface area (Å²) in [5.74, 6) is -0.881. The van der Waals surface area contributed by atoms with E-state index in [1.54, 1.807) is 0 Å². The van der Waals surface area contributed by atoms with Crippen LogP contribution < -0.4 is 0 Å². The lowest BCUT2D eigenvalue weighted by molar-refractivity contribution is -0.142. The summed E-state index contributed by atoms with van der Waals surface area (Å²) in [7, 11) is 0. The van der Waals surface area contributed by atoms with Gasteiger partial charge in [-0.1, -0.05) is 60.7 Å². The molecule has 0 spiro atoms. The maximum Gasteiger partial charge on any atom is 0.321 e. The van der Waals surface area contributed by atoms with Gasteiger partial charge < -0.3 is 10.2 Å². The van der Waals surface area contributed by atoms with Crippen LogP contribution >= 0.6 is 0 Å². The van der Waals surface area contributed by atoms with E-state index >= 15 is 0 Å². The van der Waals surface area contributed by atoms with Crippen LogP contribution in [0.1, 0.15) is 23.6 Å². The monoisotopic (exact) mass is 297 g/mol. The Labute approximate surface area is 129 Å². The average molecular weight is 297 g/mol. The van der Waals surface area contributed by atoms with Gasteiger partial charge in [0.25, 0.3) is 0 Å². The molecule has 114 valence electrons. The molecule has 0 aromatic heterocycles. The Morgan fingerprint density at radius 1 is 1.00 bits per heavy atom. The molecule has 3 rings (SSSR count). The number of hydrogen-bond donors (Lipinski definition) is 2. The number of likely N-dealkylation sites (tertiary alicyclic amines) is 1. The summed E-state index contributed by atoms with van der Waals surface area (Å²) in [5.41, 5.74) is 2.07. The third-order valence-corrected chi connectivity index (χ3v) is 4.16. The second kappa shape index (κ2) is 6.30. The van der Waals surface area contributed by atoms with Gasteiger partial charge in [0.2, 0.25) is 0 Å². The summed E-state index contributed by atoms with van der Waals surface area (Å²) in [4.78, 5) is 13.5. The van der Waals surface area contributed by atoms with E-state index in [1.807, 2.05) is 65.6 Å². The van der Waals surface area contributed by atoms with E-state index in [9.17, 15) is 15.0 Å². The van der Waals surface area contributed by atoms with E-state index in [4.69, 9.17) is 0 Å². The quantitative estimate of drug-likeness (QED) is 0.909. The molecular weight excluding hydrogens is 278 g/mol. The van der Waals surface area contributed by atoms with Gasteiger partial charge in [0.15, 0.2) is 0 Å². The number of carboxylic acids is 1. The van der Waals surface area contributed by atoms with E-state index in [0.29, 0.717) is 6.54 Å². The molecule has 22 heavy (non-hydrogen) atoms. The molecule has 1 aliphatic rings. The first-order chi connectivity index (χ1) is 10.7. The number of β-amino-alcohol motifs (C(OH)–C–C–N with tert-alkyl or cyclic N) is 1. The van der Waals surface area contributed by atoms with Crippen LogP contribution in [0.2, 0.25) is 0 Å². The molecule has 0 aliphatic carbocycles. The van der Waals surface area contributed by atoms with Crippen molar-refractivity contribution in [1.29, 1.82) is 0 Å². The maximum atomic E-state index is 11.6. The number of carboxylic acid groups (broad SMARTS) is 1. The Kier molecular flexibility index (Phi) is 4.22. The van der Waals surface area contributed by atoms with E-state index in [-0.39, 0.29) is 12.5 Å². The fourth-order valence-corrected chi connectivity index (χ4v) is 3.21. The first-order valence-corrected chi connectivity index (χ1v) is 7.43. The van der Waals surface area contributed by atoms with Gasteiger partial charge in [0.1, 0.15) is 6.04 Å². The predicted molar refractivity (Wildman–Crippen MR) is 83.5 cm³/mol. The molecule has 0 bridgehead atoms. The van der Waals surface area contributed by atoms with Crippen molar-refractivity contribution in [3.8, 4) is 0 Å². The van der Waals surface area contributed by atoms with Crippen LogP contribution in [0.4, 0.5) is 0 Å². The molecule has 0 amide bonds. The second-order valence-electron chi connectivity index (χ2n) is 5.66. The summed E-state index contributed by atoms with van der Waals surface area (Å²) in [6.45, 7) is 0.366. The van der Waals surface area contributed by atoms with Crippen molar-refractivity contribution in [1.82, 2.24) is 4.90 Å². The summed E-state index contributed by atoms with van der Waals surface area (Å²) in [6, 6.07) is 18.9. The number of aliphatic hydroxyl groups is 1. The number of benzene rings is 2. The predicted octanol–water partition coefficient (Wildman–Crippen LogP) is 2.30. The Morgan fingerprint density at radius 3 is 1.95 bits per heavy atom. The third-order valence-electron chi connectivity index (χ3n) is 4.16. The molecule has 4 nitrogen and oxygen atoms in total. The normalized spacial score (nSPS) is 22.1. The lowest BCUT2D eigenvalue weighted by Crippen LogP contribution is -2.39. The molecule has 0 radical (unpaired) electrons. The third kappa shape index (κ3) is 2.89. The van der Waals surface area contributed by atoms with Gasteiger partial charge in [-0.05, 0) is 11.1 Å². The number of hydrogen-bond acceptors (Lipinski definition) is 3. The smallest absolute Gasteiger partial charge is 0.321 e. The van der Waals surface area contributed by atoms with Crippen LogP contribution in [0.25, 0.3) is 0 Å². The van der Waals surface area contributed by atoms with Crippen molar-refractivity contribution in [3.63, 3.8) is 0 Å². The molecule has 2 atom stereocenters. The topological polar surface area (TPSA) is 60.8 Å². The van der Waals surface area contributed by atoms with Gasteiger partial charge in [-0.2, -0.15) is 0 Å². The highest BCUT2D eigenvalue weighted by Crippen LogP contribution is 2.34. The van der Waals surface area contributed by atoms with Crippen molar-refractivity contribution in [2.24, 2.45) is 0 Å². The molecular formula is C18H19NO3. The van der Waals surface area contributed by atoms with Gasteiger partial charge in [-0.15, -0.1) is 0 Å². The highest BCUT2D eigenvalue weighted by atomic mass is 16.4. The molecule has 1 saturated heterocycles. The highest BCUT2D eigenvalue weighted by Gasteiger charge is 2.40. The van der Waals surface area contributed by atoms with Crippen molar-refractivity contribution in [2.75, 3.05) is 6.54 Å². The summed E-state index contributed by atoms with van der Waals surface area (Å²) >= 11 is 0. The number of nitrogens with zero attached hydrogens (tertiary/aromatic N) is 1. The van der Waals surface area contributed by atoms with Crippen molar-refractivity contribution >= 4 is 5.97 Å². The van der Waals surface area contributed by atoms with Gasteiger partial charge in [-0.3, -0.25) is 9.69 Å². The zero-order valence-electron chi connectivity index (χ0n) is 12.2. The van der Waals surface area contributed by atoms with Gasteiger partial charge in [-0.25, -0.2) is 0 Å². The molecule has 1 heterocycles. The van der Waals surface area contributed by atoms with Crippen molar-refractivity contribution in [3.05, 3.63) is 71.8 Å². The molecule has 4 heteroatoms. The van der Waals surface area contributed by atoms with Crippen LogP contribution in [-0.4, -0.2) is 39.8 Å². The van der Waals surface area contributed by atoms with Crippen LogP contribution in [0.3, 0.4) is 0 Å². The Morgan fingerprint density at radius 2 is 1.50 bits per heavy atom. The van der Waals surface area contributed by atoms with Crippen molar-refractivity contribution in [2.45, 2.75) is 24.6 Å². The largest absolute Gasteiger partial charge is 0.480 e.